The van der Waals surface area contributed by atoms with Crippen molar-refractivity contribution in [2.45, 2.75) is 59.8 Å². The maximum absolute atomic E-state index is 4.00. The minimum absolute atomic E-state index is 0.456. The van der Waals surface area contributed by atoms with Gasteiger partial charge >= 0.3 is 0 Å². The molecule has 0 unspecified atom stereocenters. The Morgan fingerprint density at radius 2 is 1.75 bits per heavy atom. The number of rotatable bonds is 3. The van der Waals surface area contributed by atoms with Gasteiger partial charge < -0.3 is 4.98 Å². The summed E-state index contributed by atoms with van der Waals surface area (Å²) >= 11 is 0. The van der Waals surface area contributed by atoms with Crippen LogP contribution in [0.4, 0.5) is 0 Å². The number of aromatic amines is 2. The van der Waals surface area contributed by atoms with Crippen molar-refractivity contribution in [3.8, 4) is 0 Å². The first-order valence-electron chi connectivity index (χ1n) is 8.45. The van der Waals surface area contributed by atoms with Gasteiger partial charge in [-0.2, -0.15) is 5.10 Å². The molecule has 3 rings (SSSR count). The average molecular weight is 330 g/mol. The summed E-state index contributed by atoms with van der Waals surface area (Å²) in [6.07, 6.45) is 10.1. The van der Waals surface area contributed by atoms with Crippen LogP contribution in [-0.4, -0.2) is 31.4 Å². The monoisotopic (exact) mass is 330 g/mol. The fourth-order valence-electron chi connectivity index (χ4n) is 1.82. The second kappa shape index (κ2) is 10.5. The van der Waals surface area contributed by atoms with Crippen LogP contribution in [0.1, 0.15) is 71.3 Å². The molecule has 0 radical (unpaired) electrons. The molecule has 132 valence electrons. The first-order chi connectivity index (χ1) is 11.4. The van der Waals surface area contributed by atoms with Crippen LogP contribution in [0.2, 0.25) is 0 Å². The van der Waals surface area contributed by atoms with E-state index < -0.39 is 0 Å². The Bertz CT molecular complexity index is 553. The van der Waals surface area contributed by atoms with Gasteiger partial charge in [0.2, 0.25) is 0 Å². The Hall–Kier alpha value is -2.24. The molecule has 0 saturated heterocycles. The fraction of sp³-hybridized carbons (Fsp3) is 0.556. The van der Waals surface area contributed by atoms with Gasteiger partial charge in [-0.05, 0) is 17.4 Å². The summed E-state index contributed by atoms with van der Waals surface area (Å²) in [5.41, 5.74) is 2.65. The molecule has 0 fully saturated rings. The zero-order chi connectivity index (χ0) is 17.9. The number of hydrogen-bond acceptors (Lipinski definition) is 4. The lowest BCUT2D eigenvalue weighted by Gasteiger charge is -2.01. The molecule has 1 aliphatic rings. The van der Waals surface area contributed by atoms with Crippen LogP contribution >= 0.6 is 0 Å². The van der Waals surface area contributed by atoms with Crippen molar-refractivity contribution in [3.05, 3.63) is 42.1 Å². The lowest BCUT2D eigenvalue weighted by atomic mass is 10.0. The van der Waals surface area contributed by atoms with Crippen LogP contribution < -0.4 is 0 Å². The maximum Gasteiger partial charge on any atom is 0.137 e. The van der Waals surface area contributed by atoms with Gasteiger partial charge in [0, 0.05) is 36.6 Å². The number of H-pyrrole nitrogens is 2. The van der Waals surface area contributed by atoms with Crippen molar-refractivity contribution in [1.82, 2.24) is 25.1 Å². The molecule has 0 aliphatic carbocycles. The fourth-order valence-corrected chi connectivity index (χ4v) is 1.82. The lowest BCUT2D eigenvalue weighted by Crippen LogP contribution is -1.89. The number of aliphatic imine (C=N–C) groups is 1. The van der Waals surface area contributed by atoms with E-state index in [9.17, 15) is 0 Å². The molecule has 2 aromatic heterocycles. The van der Waals surface area contributed by atoms with Crippen molar-refractivity contribution >= 4 is 6.21 Å². The summed E-state index contributed by atoms with van der Waals surface area (Å²) < 4.78 is 0. The van der Waals surface area contributed by atoms with Gasteiger partial charge in [0.05, 0.1) is 6.33 Å². The number of imidazole rings is 1. The summed E-state index contributed by atoms with van der Waals surface area (Å²) in [5, 5.41) is 6.48. The van der Waals surface area contributed by atoms with E-state index in [1.807, 2.05) is 18.6 Å². The van der Waals surface area contributed by atoms with Crippen LogP contribution in [0.25, 0.3) is 0 Å². The van der Waals surface area contributed by atoms with Gasteiger partial charge in [-0.3, -0.25) is 10.1 Å². The third-order valence-electron chi connectivity index (χ3n) is 3.54. The van der Waals surface area contributed by atoms with Crippen molar-refractivity contribution in [2.75, 3.05) is 0 Å². The smallest absolute Gasteiger partial charge is 0.137 e. The zero-order valence-corrected chi connectivity index (χ0v) is 15.6. The SMILES string of the molecule is CC(C)C1=CN=CC1.CC(C)c1cnc[nH]1.CC(C)c1ncn[nH]1. The van der Waals surface area contributed by atoms with Gasteiger partial charge in [0.15, 0.2) is 0 Å². The van der Waals surface area contributed by atoms with Gasteiger partial charge in [-0.1, -0.05) is 41.5 Å². The summed E-state index contributed by atoms with van der Waals surface area (Å²) in [7, 11) is 0. The Kier molecular flexibility index (Phi) is 8.68. The lowest BCUT2D eigenvalue weighted by molar-refractivity contribution is 0.759. The largest absolute Gasteiger partial charge is 0.348 e. The summed E-state index contributed by atoms with van der Waals surface area (Å²) in [6, 6.07) is 0. The Morgan fingerprint density at radius 1 is 1.00 bits per heavy atom. The second-order valence-electron chi connectivity index (χ2n) is 6.58. The zero-order valence-electron chi connectivity index (χ0n) is 15.6. The number of nitrogens with one attached hydrogen (secondary N) is 2. The molecule has 0 amide bonds. The van der Waals surface area contributed by atoms with Crippen LogP contribution in [-0.2, 0) is 0 Å². The van der Waals surface area contributed by atoms with E-state index in [2.05, 4.69) is 71.7 Å². The van der Waals surface area contributed by atoms with Crippen molar-refractivity contribution in [1.29, 1.82) is 0 Å². The quantitative estimate of drug-likeness (QED) is 0.871. The number of nitrogens with zero attached hydrogens (tertiary/aromatic N) is 4. The van der Waals surface area contributed by atoms with Gasteiger partial charge in [0.25, 0.3) is 0 Å². The Morgan fingerprint density at radius 3 is 2.00 bits per heavy atom. The average Bonchev–Trinajstić information content (AvgIpc) is 3.29. The normalized spacial score (nSPS) is 12.8. The molecule has 3 heterocycles. The molecular weight excluding hydrogens is 300 g/mol. The summed E-state index contributed by atoms with van der Waals surface area (Å²) in [4.78, 5) is 14.9. The molecule has 2 aromatic rings. The van der Waals surface area contributed by atoms with E-state index in [4.69, 9.17) is 0 Å². The molecule has 0 atom stereocenters. The molecule has 0 aromatic carbocycles. The van der Waals surface area contributed by atoms with Crippen molar-refractivity contribution in [2.24, 2.45) is 10.9 Å². The summed E-state index contributed by atoms with van der Waals surface area (Å²) in [5.74, 6) is 2.65. The molecule has 0 spiro atoms. The third kappa shape index (κ3) is 7.35. The number of hydrogen-bond donors (Lipinski definition) is 2. The van der Waals surface area contributed by atoms with Crippen molar-refractivity contribution in [3.63, 3.8) is 0 Å². The molecule has 24 heavy (non-hydrogen) atoms. The van der Waals surface area contributed by atoms with E-state index in [1.165, 1.54) is 17.6 Å². The minimum Gasteiger partial charge on any atom is -0.348 e. The van der Waals surface area contributed by atoms with E-state index in [0.717, 1.165) is 12.2 Å². The van der Waals surface area contributed by atoms with E-state index in [1.54, 1.807) is 6.33 Å². The standard InChI is InChI=1S/C7H11N.C6H10N2.C5H9N3/c1-6(2)7-3-4-8-5-7;1-5(2)6-3-7-4-8-6;1-4(2)5-6-3-7-8-5/h4-6H,3H2,1-2H3;3-5H,1-2H3,(H,7,8);3-4H,1-2H3,(H,6,7,8). The van der Waals surface area contributed by atoms with Gasteiger partial charge in [0.1, 0.15) is 12.2 Å². The van der Waals surface area contributed by atoms with E-state index in [-0.39, 0.29) is 0 Å². The highest BCUT2D eigenvalue weighted by Crippen LogP contribution is 2.15. The van der Waals surface area contributed by atoms with E-state index in [0.29, 0.717) is 17.8 Å². The first-order valence-corrected chi connectivity index (χ1v) is 8.45. The van der Waals surface area contributed by atoms with Gasteiger partial charge in [-0.25, -0.2) is 9.97 Å². The molecule has 0 bridgehead atoms. The second-order valence-corrected chi connectivity index (χ2v) is 6.58. The molecule has 2 N–H and O–H groups in total. The topological polar surface area (TPSA) is 82.6 Å². The van der Waals surface area contributed by atoms with Crippen molar-refractivity contribution < 1.29 is 0 Å². The van der Waals surface area contributed by atoms with Gasteiger partial charge in [-0.15, -0.1) is 0 Å². The first kappa shape index (κ1) is 19.8. The number of aromatic nitrogens is 5. The Balaban J connectivity index is 0.000000180. The highest BCUT2D eigenvalue weighted by Gasteiger charge is 2.03. The maximum atomic E-state index is 4.00. The molecule has 6 nitrogen and oxygen atoms in total. The molecule has 6 heteroatoms. The summed E-state index contributed by atoms with van der Waals surface area (Å²) in [6.45, 7) is 12.8. The third-order valence-corrected chi connectivity index (χ3v) is 3.54. The predicted molar refractivity (Wildman–Crippen MR) is 99.2 cm³/mol. The van der Waals surface area contributed by atoms with Crippen LogP contribution in [0.5, 0.6) is 0 Å². The highest BCUT2D eigenvalue weighted by molar-refractivity contribution is 5.65. The predicted octanol–water partition coefficient (Wildman–Crippen LogP) is 4.46. The molecule has 1 aliphatic heterocycles. The van der Waals surface area contributed by atoms with Crippen LogP contribution in [0.15, 0.2) is 35.6 Å². The Labute approximate surface area is 144 Å². The van der Waals surface area contributed by atoms with Crippen LogP contribution in [0.3, 0.4) is 0 Å². The molecular formula is C18H30N6. The number of allylic oxidation sites excluding steroid dienone is 1. The highest BCUT2D eigenvalue weighted by atomic mass is 15.2. The van der Waals surface area contributed by atoms with Crippen LogP contribution in [0, 0.1) is 5.92 Å². The minimum atomic E-state index is 0.456. The van der Waals surface area contributed by atoms with E-state index >= 15 is 0 Å². The molecule has 0 saturated carbocycles.